The molecule has 0 aromatic carbocycles. The summed E-state index contributed by atoms with van der Waals surface area (Å²) in [5, 5.41) is 4.00. The van der Waals surface area contributed by atoms with Crippen LogP contribution in [0.15, 0.2) is 30.6 Å². The average Bonchev–Trinajstić information content (AvgIpc) is 3.09. The SMILES string of the molecule is COCCNC(=O)c1cc(-c2ccncc2)c(N2CCOCC2)s1. The second-order valence-corrected chi connectivity index (χ2v) is 6.44. The van der Waals surface area contributed by atoms with Crippen molar-refractivity contribution >= 4 is 22.2 Å². The van der Waals surface area contributed by atoms with E-state index >= 15 is 0 Å². The highest BCUT2D eigenvalue weighted by molar-refractivity contribution is 7.18. The number of hydrogen-bond acceptors (Lipinski definition) is 6. The lowest BCUT2D eigenvalue weighted by Crippen LogP contribution is -2.35. The first kappa shape index (κ1) is 16.9. The first-order valence-corrected chi connectivity index (χ1v) is 8.75. The zero-order valence-corrected chi connectivity index (χ0v) is 14.5. The molecule has 24 heavy (non-hydrogen) atoms. The maximum Gasteiger partial charge on any atom is 0.261 e. The van der Waals surface area contributed by atoms with Gasteiger partial charge in [-0.2, -0.15) is 0 Å². The number of methoxy groups -OCH3 is 1. The number of nitrogens with zero attached hydrogens (tertiary/aromatic N) is 2. The molecule has 7 heteroatoms. The molecule has 1 amide bonds. The number of pyridine rings is 1. The smallest absolute Gasteiger partial charge is 0.261 e. The Bertz CT molecular complexity index is 669. The summed E-state index contributed by atoms with van der Waals surface area (Å²) >= 11 is 1.52. The molecule has 1 N–H and O–H groups in total. The molecular formula is C17H21N3O3S. The van der Waals surface area contributed by atoms with Crippen LogP contribution in [-0.2, 0) is 9.47 Å². The second-order valence-electron chi connectivity index (χ2n) is 5.41. The van der Waals surface area contributed by atoms with E-state index in [1.165, 1.54) is 11.3 Å². The predicted octanol–water partition coefficient (Wildman–Crippen LogP) is 2.02. The van der Waals surface area contributed by atoms with E-state index in [9.17, 15) is 4.79 Å². The van der Waals surface area contributed by atoms with Gasteiger partial charge in [-0.25, -0.2) is 0 Å². The van der Waals surface area contributed by atoms with E-state index < -0.39 is 0 Å². The van der Waals surface area contributed by atoms with E-state index in [0.717, 1.165) is 29.2 Å². The summed E-state index contributed by atoms with van der Waals surface area (Å²) in [6.07, 6.45) is 3.54. The molecule has 2 aromatic rings. The van der Waals surface area contributed by atoms with E-state index in [1.807, 2.05) is 18.2 Å². The summed E-state index contributed by atoms with van der Waals surface area (Å²) in [4.78, 5) is 19.5. The quantitative estimate of drug-likeness (QED) is 0.810. The summed E-state index contributed by atoms with van der Waals surface area (Å²) in [7, 11) is 1.62. The lowest BCUT2D eigenvalue weighted by molar-refractivity contribution is 0.0941. The lowest BCUT2D eigenvalue weighted by atomic mass is 10.1. The normalized spacial score (nSPS) is 14.6. The van der Waals surface area contributed by atoms with Gasteiger partial charge in [0.15, 0.2) is 0 Å². The Morgan fingerprint density at radius 2 is 2.12 bits per heavy atom. The lowest BCUT2D eigenvalue weighted by Gasteiger charge is -2.28. The van der Waals surface area contributed by atoms with Crippen molar-refractivity contribution in [3.8, 4) is 11.1 Å². The van der Waals surface area contributed by atoms with E-state index in [2.05, 4.69) is 15.2 Å². The van der Waals surface area contributed by atoms with Crippen molar-refractivity contribution in [1.29, 1.82) is 0 Å². The van der Waals surface area contributed by atoms with E-state index in [0.29, 0.717) is 31.2 Å². The minimum Gasteiger partial charge on any atom is -0.383 e. The molecule has 128 valence electrons. The van der Waals surface area contributed by atoms with Gasteiger partial charge in [0.05, 0.1) is 29.7 Å². The third kappa shape index (κ3) is 3.92. The molecule has 0 unspecified atom stereocenters. The van der Waals surface area contributed by atoms with Crippen LogP contribution < -0.4 is 10.2 Å². The largest absolute Gasteiger partial charge is 0.383 e. The van der Waals surface area contributed by atoms with Gasteiger partial charge < -0.3 is 19.7 Å². The van der Waals surface area contributed by atoms with Gasteiger partial charge in [-0.15, -0.1) is 11.3 Å². The topological polar surface area (TPSA) is 63.7 Å². The molecule has 6 nitrogen and oxygen atoms in total. The Morgan fingerprint density at radius 1 is 1.38 bits per heavy atom. The molecule has 2 aromatic heterocycles. The number of carbonyl (C=O) groups is 1. The van der Waals surface area contributed by atoms with Crippen LogP contribution in [-0.4, -0.2) is 57.5 Å². The Kier molecular flexibility index (Phi) is 5.79. The first-order valence-electron chi connectivity index (χ1n) is 7.93. The van der Waals surface area contributed by atoms with Gasteiger partial charge in [-0.1, -0.05) is 0 Å². The highest BCUT2D eigenvalue weighted by atomic mass is 32.1. The molecule has 0 saturated carbocycles. The van der Waals surface area contributed by atoms with E-state index in [1.54, 1.807) is 19.5 Å². The summed E-state index contributed by atoms with van der Waals surface area (Å²) in [5.74, 6) is -0.0631. The maximum absolute atomic E-state index is 12.4. The fraction of sp³-hybridized carbons (Fsp3) is 0.412. The van der Waals surface area contributed by atoms with Crippen LogP contribution in [0.25, 0.3) is 11.1 Å². The van der Waals surface area contributed by atoms with Crippen molar-refractivity contribution in [2.75, 3.05) is 51.5 Å². The van der Waals surface area contributed by atoms with Crippen LogP contribution in [0.3, 0.4) is 0 Å². The second kappa shape index (κ2) is 8.23. The zero-order valence-electron chi connectivity index (χ0n) is 13.7. The van der Waals surface area contributed by atoms with E-state index in [-0.39, 0.29) is 5.91 Å². The number of anilines is 1. The molecule has 3 heterocycles. The van der Waals surface area contributed by atoms with Crippen LogP contribution >= 0.6 is 11.3 Å². The van der Waals surface area contributed by atoms with Gasteiger partial charge in [0.25, 0.3) is 5.91 Å². The number of hydrogen-bond donors (Lipinski definition) is 1. The molecule has 1 saturated heterocycles. The van der Waals surface area contributed by atoms with Crippen molar-refractivity contribution in [2.24, 2.45) is 0 Å². The first-order chi connectivity index (χ1) is 11.8. The maximum atomic E-state index is 12.4. The van der Waals surface area contributed by atoms with Gasteiger partial charge in [0, 0.05) is 44.7 Å². The Hall–Kier alpha value is -1.96. The third-order valence-electron chi connectivity index (χ3n) is 3.82. The molecule has 0 spiro atoms. The molecule has 0 bridgehead atoms. The Morgan fingerprint density at radius 3 is 2.83 bits per heavy atom. The molecule has 0 radical (unpaired) electrons. The monoisotopic (exact) mass is 347 g/mol. The van der Waals surface area contributed by atoms with Crippen molar-refractivity contribution < 1.29 is 14.3 Å². The summed E-state index contributed by atoms with van der Waals surface area (Å²) in [6.45, 7) is 4.11. The fourth-order valence-corrected chi connectivity index (χ4v) is 3.74. The van der Waals surface area contributed by atoms with Crippen LogP contribution in [0.5, 0.6) is 0 Å². The molecular weight excluding hydrogens is 326 g/mol. The summed E-state index contributed by atoms with van der Waals surface area (Å²) < 4.78 is 10.4. The molecule has 0 aliphatic carbocycles. The highest BCUT2D eigenvalue weighted by Gasteiger charge is 2.21. The van der Waals surface area contributed by atoms with E-state index in [4.69, 9.17) is 9.47 Å². The molecule has 3 rings (SSSR count). The van der Waals surface area contributed by atoms with Crippen LogP contribution in [0, 0.1) is 0 Å². The van der Waals surface area contributed by atoms with Crippen molar-refractivity contribution in [3.05, 3.63) is 35.5 Å². The minimum absolute atomic E-state index is 0.0631. The number of carbonyl (C=O) groups excluding carboxylic acids is 1. The summed E-state index contributed by atoms with van der Waals surface area (Å²) in [6, 6.07) is 5.91. The molecule has 1 aliphatic rings. The zero-order chi connectivity index (χ0) is 16.8. The number of thiophene rings is 1. The number of aromatic nitrogens is 1. The number of ether oxygens (including phenoxy) is 2. The van der Waals surface area contributed by atoms with Gasteiger partial charge >= 0.3 is 0 Å². The van der Waals surface area contributed by atoms with Crippen molar-refractivity contribution in [3.63, 3.8) is 0 Å². The predicted molar refractivity (Wildman–Crippen MR) is 94.8 cm³/mol. The molecule has 1 aliphatic heterocycles. The molecule has 0 atom stereocenters. The number of morpholine rings is 1. The van der Waals surface area contributed by atoms with Gasteiger partial charge in [0.2, 0.25) is 0 Å². The standard InChI is InChI=1S/C17H21N3O3S/c1-22-9-6-19-16(21)15-12-14(13-2-4-18-5-3-13)17(24-15)20-7-10-23-11-8-20/h2-5,12H,6-11H2,1H3,(H,19,21). The van der Waals surface area contributed by atoms with Gasteiger partial charge in [-0.05, 0) is 23.8 Å². The highest BCUT2D eigenvalue weighted by Crippen LogP contribution is 2.39. The fourth-order valence-electron chi connectivity index (χ4n) is 2.59. The number of nitrogens with one attached hydrogen (secondary N) is 1. The van der Waals surface area contributed by atoms with Crippen LogP contribution in [0.4, 0.5) is 5.00 Å². The Balaban J connectivity index is 1.88. The van der Waals surface area contributed by atoms with Crippen molar-refractivity contribution in [1.82, 2.24) is 10.3 Å². The van der Waals surface area contributed by atoms with Gasteiger partial charge in [0.1, 0.15) is 0 Å². The average molecular weight is 347 g/mol. The Labute approximate surface area is 145 Å². The third-order valence-corrected chi connectivity index (χ3v) is 5.01. The minimum atomic E-state index is -0.0631. The van der Waals surface area contributed by atoms with Gasteiger partial charge in [-0.3, -0.25) is 9.78 Å². The number of amides is 1. The molecule has 1 fully saturated rings. The van der Waals surface area contributed by atoms with Crippen LogP contribution in [0.2, 0.25) is 0 Å². The van der Waals surface area contributed by atoms with Crippen LogP contribution in [0.1, 0.15) is 9.67 Å². The van der Waals surface area contributed by atoms with Crippen molar-refractivity contribution in [2.45, 2.75) is 0 Å². The number of rotatable bonds is 6. The summed E-state index contributed by atoms with van der Waals surface area (Å²) in [5.41, 5.74) is 2.14.